The number of aliphatic hydroxyl groups is 1. The van der Waals surface area contributed by atoms with Gasteiger partial charge in [-0.05, 0) is 50.6 Å². The first-order valence-corrected chi connectivity index (χ1v) is 8.95. The molecule has 7 heteroatoms. The molecular formula is C20H21ClN4O2. The van der Waals surface area contributed by atoms with Crippen LogP contribution in [0, 0.1) is 6.92 Å². The molecule has 0 bridgehead atoms. The lowest BCUT2D eigenvalue weighted by Crippen LogP contribution is -2.12. The van der Waals surface area contributed by atoms with E-state index in [4.69, 9.17) is 16.3 Å². The van der Waals surface area contributed by atoms with Crippen LogP contribution in [-0.2, 0) is 0 Å². The average molecular weight is 385 g/mol. The van der Waals surface area contributed by atoms with Crippen LogP contribution in [0.25, 0.3) is 11.3 Å². The minimum absolute atomic E-state index is 0.0640. The number of aromatic nitrogens is 3. The van der Waals surface area contributed by atoms with E-state index in [1.165, 1.54) is 0 Å². The van der Waals surface area contributed by atoms with Gasteiger partial charge >= 0.3 is 0 Å². The molecule has 6 nitrogen and oxygen atoms in total. The van der Waals surface area contributed by atoms with Crippen LogP contribution in [-0.4, -0.2) is 26.2 Å². The second-order valence-electron chi connectivity index (χ2n) is 6.37. The predicted molar refractivity (Wildman–Crippen MR) is 106 cm³/mol. The van der Waals surface area contributed by atoms with Crippen molar-refractivity contribution in [1.29, 1.82) is 0 Å². The predicted octanol–water partition coefficient (Wildman–Crippen LogP) is 4.39. The smallest absolute Gasteiger partial charge is 0.153 e. The Hall–Kier alpha value is -2.70. The van der Waals surface area contributed by atoms with Gasteiger partial charge in [-0.2, -0.15) is 0 Å². The third-order valence-corrected chi connectivity index (χ3v) is 4.23. The van der Waals surface area contributed by atoms with E-state index < -0.39 is 6.23 Å². The zero-order valence-electron chi connectivity index (χ0n) is 15.3. The van der Waals surface area contributed by atoms with Crippen molar-refractivity contribution in [2.75, 3.05) is 5.32 Å². The van der Waals surface area contributed by atoms with E-state index in [1.807, 2.05) is 39.0 Å². The highest BCUT2D eigenvalue weighted by molar-refractivity contribution is 6.33. The van der Waals surface area contributed by atoms with Gasteiger partial charge in [-0.1, -0.05) is 11.6 Å². The standard InChI is InChI=1S/C20H21ClN4O2/c1-12(2)27-14-4-5-17(21)15(8-14)18-10-24-19(11-23-18)25-20(26)16-9-22-7-6-13(16)3/h4-12,20,26H,1-3H3,(H,24,25). The van der Waals surface area contributed by atoms with Crippen molar-refractivity contribution in [3.05, 3.63) is 65.2 Å². The molecule has 27 heavy (non-hydrogen) atoms. The number of aryl methyl sites for hydroxylation is 1. The number of nitrogens with one attached hydrogen (secondary N) is 1. The molecule has 0 radical (unpaired) electrons. The van der Waals surface area contributed by atoms with Crippen molar-refractivity contribution in [1.82, 2.24) is 15.0 Å². The van der Waals surface area contributed by atoms with E-state index in [1.54, 1.807) is 30.9 Å². The number of benzene rings is 1. The molecule has 1 aromatic carbocycles. The van der Waals surface area contributed by atoms with Crippen LogP contribution in [0.2, 0.25) is 5.02 Å². The molecule has 2 aromatic heterocycles. The lowest BCUT2D eigenvalue weighted by molar-refractivity contribution is 0.206. The largest absolute Gasteiger partial charge is 0.491 e. The summed E-state index contributed by atoms with van der Waals surface area (Å²) in [4.78, 5) is 12.8. The van der Waals surface area contributed by atoms with Gasteiger partial charge in [0.25, 0.3) is 0 Å². The van der Waals surface area contributed by atoms with E-state index in [0.717, 1.165) is 16.9 Å². The Labute approximate surface area is 163 Å². The lowest BCUT2D eigenvalue weighted by atomic mass is 10.1. The Morgan fingerprint density at radius 3 is 2.59 bits per heavy atom. The first-order valence-electron chi connectivity index (χ1n) is 8.58. The normalized spacial score (nSPS) is 12.1. The molecule has 0 spiro atoms. The highest BCUT2D eigenvalue weighted by atomic mass is 35.5. The Morgan fingerprint density at radius 2 is 1.93 bits per heavy atom. The number of hydrogen-bond donors (Lipinski definition) is 2. The molecule has 2 heterocycles. The van der Waals surface area contributed by atoms with E-state index in [-0.39, 0.29) is 6.10 Å². The third-order valence-electron chi connectivity index (χ3n) is 3.90. The molecule has 0 saturated carbocycles. The van der Waals surface area contributed by atoms with Crippen molar-refractivity contribution >= 4 is 17.4 Å². The fourth-order valence-electron chi connectivity index (χ4n) is 2.57. The van der Waals surface area contributed by atoms with E-state index in [2.05, 4.69) is 20.3 Å². The number of halogens is 1. The number of pyridine rings is 1. The Balaban J connectivity index is 1.78. The first kappa shape index (κ1) is 19.1. The van der Waals surface area contributed by atoms with Gasteiger partial charge < -0.3 is 15.2 Å². The molecular weight excluding hydrogens is 364 g/mol. The molecule has 1 unspecified atom stereocenters. The SMILES string of the molecule is Cc1ccncc1C(O)Nc1cnc(-c2cc(OC(C)C)ccc2Cl)cn1. The van der Waals surface area contributed by atoms with Crippen LogP contribution < -0.4 is 10.1 Å². The van der Waals surface area contributed by atoms with Crippen LogP contribution >= 0.6 is 11.6 Å². The van der Waals surface area contributed by atoms with Gasteiger partial charge in [-0.25, -0.2) is 4.98 Å². The third kappa shape index (κ3) is 4.72. The summed E-state index contributed by atoms with van der Waals surface area (Å²) in [6.45, 7) is 5.83. The number of ether oxygens (including phenoxy) is 1. The molecule has 140 valence electrons. The van der Waals surface area contributed by atoms with E-state index in [9.17, 15) is 5.11 Å². The van der Waals surface area contributed by atoms with E-state index in [0.29, 0.717) is 22.1 Å². The minimum Gasteiger partial charge on any atom is -0.491 e. The van der Waals surface area contributed by atoms with Gasteiger partial charge in [-0.3, -0.25) is 9.97 Å². The zero-order chi connectivity index (χ0) is 19.4. The number of hydrogen-bond acceptors (Lipinski definition) is 6. The van der Waals surface area contributed by atoms with Crippen molar-refractivity contribution in [2.24, 2.45) is 0 Å². The van der Waals surface area contributed by atoms with Crippen molar-refractivity contribution < 1.29 is 9.84 Å². The van der Waals surface area contributed by atoms with Gasteiger partial charge in [0.1, 0.15) is 11.6 Å². The van der Waals surface area contributed by atoms with Crippen LogP contribution in [0.15, 0.2) is 49.1 Å². The summed E-state index contributed by atoms with van der Waals surface area (Å²) in [5.74, 6) is 1.16. The molecule has 0 saturated heterocycles. The second-order valence-corrected chi connectivity index (χ2v) is 6.78. The summed E-state index contributed by atoms with van der Waals surface area (Å²) >= 11 is 6.30. The van der Waals surface area contributed by atoms with Gasteiger partial charge in [0.2, 0.25) is 0 Å². The van der Waals surface area contributed by atoms with Gasteiger partial charge in [0.05, 0.1) is 29.2 Å². The maximum absolute atomic E-state index is 10.3. The average Bonchev–Trinajstić information content (AvgIpc) is 2.64. The number of nitrogens with zero attached hydrogens (tertiary/aromatic N) is 3. The molecule has 1 atom stereocenters. The quantitative estimate of drug-likeness (QED) is 0.613. The molecule has 0 amide bonds. The highest BCUT2D eigenvalue weighted by Crippen LogP contribution is 2.31. The fraction of sp³-hybridized carbons (Fsp3) is 0.250. The Kier molecular flexibility index (Phi) is 5.88. The molecule has 0 aliphatic carbocycles. The number of anilines is 1. The van der Waals surface area contributed by atoms with Crippen molar-refractivity contribution in [3.8, 4) is 17.0 Å². The van der Waals surface area contributed by atoms with Gasteiger partial charge in [0.15, 0.2) is 6.23 Å². The lowest BCUT2D eigenvalue weighted by Gasteiger charge is -2.15. The van der Waals surface area contributed by atoms with Gasteiger partial charge in [-0.15, -0.1) is 0 Å². The molecule has 3 rings (SSSR count). The maximum Gasteiger partial charge on any atom is 0.153 e. The minimum atomic E-state index is -0.926. The Morgan fingerprint density at radius 1 is 1.11 bits per heavy atom. The molecule has 0 aliphatic rings. The van der Waals surface area contributed by atoms with Crippen LogP contribution in [0.4, 0.5) is 5.82 Å². The summed E-state index contributed by atoms with van der Waals surface area (Å²) in [7, 11) is 0. The monoisotopic (exact) mass is 384 g/mol. The summed E-state index contributed by atoms with van der Waals surface area (Å²) < 4.78 is 5.71. The van der Waals surface area contributed by atoms with Crippen LogP contribution in [0.5, 0.6) is 5.75 Å². The summed E-state index contributed by atoms with van der Waals surface area (Å²) in [5.41, 5.74) is 2.97. The molecule has 0 fully saturated rings. The first-order chi connectivity index (χ1) is 12.9. The zero-order valence-corrected chi connectivity index (χ0v) is 16.1. The Bertz CT molecular complexity index is 916. The maximum atomic E-state index is 10.3. The van der Waals surface area contributed by atoms with Crippen LogP contribution in [0.3, 0.4) is 0 Å². The van der Waals surface area contributed by atoms with Gasteiger partial charge in [0, 0.05) is 23.5 Å². The molecule has 3 aromatic rings. The molecule has 0 aliphatic heterocycles. The topological polar surface area (TPSA) is 80.2 Å². The summed E-state index contributed by atoms with van der Waals surface area (Å²) in [6, 6.07) is 7.27. The van der Waals surface area contributed by atoms with E-state index >= 15 is 0 Å². The van der Waals surface area contributed by atoms with Crippen molar-refractivity contribution in [3.63, 3.8) is 0 Å². The molecule has 2 N–H and O–H groups in total. The number of rotatable bonds is 6. The summed E-state index contributed by atoms with van der Waals surface area (Å²) in [5, 5.41) is 13.8. The number of aliphatic hydroxyl groups excluding tert-OH is 1. The highest BCUT2D eigenvalue weighted by Gasteiger charge is 2.12. The fourth-order valence-corrected chi connectivity index (χ4v) is 2.78. The van der Waals surface area contributed by atoms with Crippen molar-refractivity contribution in [2.45, 2.75) is 33.1 Å². The summed E-state index contributed by atoms with van der Waals surface area (Å²) in [6.07, 6.45) is 5.59. The van der Waals surface area contributed by atoms with Crippen LogP contribution in [0.1, 0.15) is 31.2 Å². The second kappa shape index (κ2) is 8.33.